The number of hydrogen-bond donors (Lipinski definition) is 3. The van der Waals surface area contributed by atoms with Crippen LogP contribution < -0.4 is 5.73 Å². The molecule has 20 heavy (non-hydrogen) atoms. The average molecular weight is 279 g/mol. The first-order valence-electron chi connectivity index (χ1n) is 6.52. The molecule has 3 rings (SSSR count). The third kappa shape index (κ3) is 1.76. The molecule has 0 radical (unpaired) electrons. The van der Waals surface area contributed by atoms with E-state index in [2.05, 4.69) is 15.0 Å². The summed E-state index contributed by atoms with van der Waals surface area (Å²) in [6.45, 7) is 1.72. The van der Waals surface area contributed by atoms with Gasteiger partial charge < -0.3 is 20.7 Å². The lowest BCUT2D eigenvalue weighted by atomic mass is 10.0. The van der Waals surface area contributed by atoms with Crippen LogP contribution in [0.4, 0.5) is 5.82 Å². The predicted octanol–water partition coefficient (Wildman–Crippen LogP) is -0.387. The zero-order valence-corrected chi connectivity index (χ0v) is 11.1. The maximum atomic E-state index is 10.0. The number of nitrogen functional groups attached to an aromatic ring is 1. The molecule has 0 spiro atoms. The Balaban J connectivity index is 2.11. The lowest BCUT2D eigenvalue weighted by Gasteiger charge is -2.29. The fourth-order valence-electron chi connectivity index (χ4n) is 2.73. The predicted molar refractivity (Wildman–Crippen MR) is 70.6 cm³/mol. The van der Waals surface area contributed by atoms with Crippen molar-refractivity contribution in [1.29, 1.82) is 0 Å². The van der Waals surface area contributed by atoms with Gasteiger partial charge in [0.05, 0.1) is 19.0 Å². The van der Waals surface area contributed by atoms with Gasteiger partial charge in [0.25, 0.3) is 0 Å². The van der Waals surface area contributed by atoms with E-state index in [1.807, 2.05) is 6.92 Å². The molecule has 0 bridgehead atoms. The smallest absolute Gasteiger partial charge is 0.167 e. The van der Waals surface area contributed by atoms with E-state index in [0.29, 0.717) is 29.8 Å². The summed E-state index contributed by atoms with van der Waals surface area (Å²) < 4.78 is 7.64. The van der Waals surface area contributed by atoms with E-state index in [4.69, 9.17) is 10.5 Å². The van der Waals surface area contributed by atoms with Gasteiger partial charge in [-0.25, -0.2) is 15.0 Å². The second kappa shape index (κ2) is 4.65. The summed E-state index contributed by atoms with van der Waals surface area (Å²) in [4.78, 5) is 12.3. The second-order valence-electron chi connectivity index (χ2n) is 4.96. The highest BCUT2D eigenvalue weighted by Gasteiger charge is 2.46. The van der Waals surface area contributed by atoms with Gasteiger partial charge in [0.1, 0.15) is 23.7 Å². The van der Waals surface area contributed by atoms with Gasteiger partial charge in [0.2, 0.25) is 0 Å². The van der Waals surface area contributed by atoms with Crippen molar-refractivity contribution < 1.29 is 14.9 Å². The molecule has 0 aromatic carbocycles. The van der Waals surface area contributed by atoms with E-state index in [0.717, 1.165) is 0 Å². The van der Waals surface area contributed by atoms with E-state index in [1.54, 1.807) is 10.9 Å². The van der Waals surface area contributed by atoms with Crippen molar-refractivity contribution in [3.8, 4) is 0 Å². The minimum atomic E-state index is -0.775. The molecule has 1 aliphatic heterocycles. The largest absolute Gasteiger partial charge is 0.394 e. The first-order valence-corrected chi connectivity index (χ1v) is 6.52. The maximum absolute atomic E-state index is 10.0. The highest BCUT2D eigenvalue weighted by atomic mass is 16.6. The van der Waals surface area contributed by atoms with Gasteiger partial charge in [-0.1, -0.05) is 6.92 Å². The second-order valence-corrected chi connectivity index (χ2v) is 4.96. The molecule has 3 atom stereocenters. The summed E-state index contributed by atoms with van der Waals surface area (Å²) >= 11 is 0. The van der Waals surface area contributed by atoms with Crippen LogP contribution in [0.2, 0.25) is 0 Å². The van der Waals surface area contributed by atoms with Crippen LogP contribution in [0.5, 0.6) is 0 Å². The Hall–Kier alpha value is -1.77. The fourth-order valence-corrected chi connectivity index (χ4v) is 2.73. The van der Waals surface area contributed by atoms with Gasteiger partial charge >= 0.3 is 0 Å². The monoisotopic (exact) mass is 279 g/mol. The SMILES string of the molecule is CC[C@]1(n2cnc3c(N)ncnc32)C[C@H](O)[C@@H](CO)O1. The number of nitrogens with two attached hydrogens (primary N) is 1. The lowest BCUT2D eigenvalue weighted by Crippen LogP contribution is -2.33. The molecule has 2 aromatic rings. The normalized spacial score (nSPS) is 30.1. The Labute approximate surface area is 115 Å². The van der Waals surface area contributed by atoms with Crippen LogP contribution >= 0.6 is 0 Å². The summed E-state index contributed by atoms with van der Waals surface area (Å²) in [5, 5.41) is 19.3. The number of ether oxygens (including phenoxy) is 1. The molecule has 4 N–H and O–H groups in total. The first kappa shape index (κ1) is 13.2. The number of aromatic nitrogens is 4. The van der Waals surface area contributed by atoms with Crippen LogP contribution in [0.15, 0.2) is 12.7 Å². The Morgan fingerprint density at radius 1 is 1.50 bits per heavy atom. The Morgan fingerprint density at radius 2 is 2.30 bits per heavy atom. The number of aliphatic hydroxyl groups is 2. The minimum absolute atomic E-state index is 0.229. The number of fused-ring (bicyclic) bond motifs is 1. The van der Waals surface area contributed by atoms with E-state index in [9.17, 15) is 10.2 Å². The maximum Gasteiger partial charge on any atom is 0.167 e. The number of nitrogens with zero attached hydrogens (tertiary/aromatic N) is 4. The van der Waals surface area contributed by atoms with Crippen LogP contribution in [-0.4, -0.2) is 48.5 Å². The Kier molecular flexibility index (Phi) is 3.08. The van der Waals surface area contributed by atoms with Crippen molar-refractivity contribution in [2.24, 2.45) is 0 Å². The van der Waals surface area contributed by atoms with E-state index in [1.165, 1.54) is 6.33 Å². The highest BCUT2D eigenvalue weighted by Crippen LogP contribution is 2.39. The third-order valence-electron chi connectivity index (χ3n) is 3.86. The summed E-state index contributed by atoms with van der Waals surface area (Å²) in [7, 11) is 0. The molecular formula is C12H17N5O3. The van der Waals surface area contributed by atoms with Crippen LogP contribution in [0, 0.1) is 0 Å². The topological polar surface area (TPSA) is 119 Å². The van der Waals surface area contributed by atoms with E-state index >= 15 is 0 Å². The van der Waals surface area contributed by atoms with Crippen LogP contribution in [0.1, 0.15) is 19.8 Å². The summed E-state index contributed by atoms with van der Waals surface area (Å²) in [6, 6.07) is 0. The van der Waals surface area contributed by atoms with Gasteiger partial charge in [0.15, 0.2) is 11.5 Å². The minimum Gasteiger partial charge on any atom is -0.394 e. The highest BCUT2D eigenvalue weighted by molar-refractivity contribution is 5.81. The van der Waals surface area contributed by atoms with Crippen molar-refractivity contribution in [3.63, 3.8) is 0 Å². The zero-order valence-electron chi connectivity index (χ0n) is 11.1. The fraction of sp³-hybridized carbons (Fsp3) is 0.583. The van der Waals surface area contributed by atoms with Crippen molar-refractivity contribution in [1.82, 2.24) is 19.5 Å². The molecule has 0 amide bonds. The molecule has 0 saturated carbocycles. The van der Waals surface area contributed by atoms with Gasteiger partial charge in [0, 0.05) is 6.42 Å². The van der Waals surface area contributed by atoms with Gasteiger partial charge in [-0.05, 0) is 6.42 Å². The number of anilines is 1. The van der Waals surface area contributed by atoms with Crippen LogP contribution in [-0.2, 0) is 10.5 Å². The third-order valence-corrected chi connectivity index (χ3v) is 3.86. The molecule has 8 nitrogen and oxygen atoms in total. The van der Waals surface area contributed by atoms with Gasteiger partial charge in [-0.15, -0.1) is 0 Å². The molecule has 3 heterocycles. The Morgan fingerprint density at radius 3 is 2.95 bits per heavy atom. The van der Waals surface area contributed by atoms with Gasteiger partial charge in [-0.3, -0.25) is 4.57 Å². The number of imidazole rings is 1. The number of hydrogen-bond acceptors (Lipinski definition) is 7. The van der Waals surface area contributed by atoms with Crippen molar-refractivity contribution >= 4 is 17.0 Å². The summed E-state index contributed by atoms with van der Waals surface area (Å²) in [6.07, 6.45) is 2.60. The molecule has 8 heteroatoms. The van der Waals surface area contributed by atoms with Gasteiger partial charge in [-0.2, -0.15) is 0 Å². The quantitative estimate of drug-likeness (QED) is 0.700. The summed E-state index contributed by atoms with van der Waals surface area (Å²) in [5.41, 5.74) is 6.07. The standard InChI is InChI=1S/C12H17N5O3/c1-2-12(3-7(19)8(4-18)20-12)17-6-16-9-10(13)14-5-15-11(9)17/h5-8,18-19H,2-4H2,1H3,(H2,13,14,15)/t7-,8+,12+/m0/s1. The van der Waals surface area contributed by atoms with E-state index in [-0.39, 0.29) is 6.61 Å². The van der Waals surface area contributed by atoms with Crippen molar-refractivity contribution in [2.45, 2.75) is 37.7 Å². The molecule has 1 aliphatic rings. The lowest BCUT2D eigenvalue weighted by molar-refractivity contribution is -0.117. The molecule has 1 fully saturated rings. The Bertz CT molecular complexity index is 631. The molecule has 108 valence electrons. The molecule has 2 aromatic heterocycles. The van der Waals surface area contributed by atoms with Crippen molar-refractivity contribution in [3.05, 3.63) is 12.7 Å². The molecule has 0 unspecified atom stereocenters. The average Bonchev–Trinajstić information content (AvgIpc) is 3.01. The molecule has 0 aliphatic carbocycles. The summed E-state index contributed by atoms with van der Waals surface area (Å²) in [5.74, 6) is 0.303. The molecular weight excluding hydrogens is 262 g/mol. The van der Waals surface area contributed by atoms with E-state index < -0.39 is 17.9 Å². The van der Waals surface area contributed by atoms with Crippen LogP contribution in [0.3, 0.4) is 0 Å². The number of aliphatic hydroxyl groups excluding tert-OH is 2. The zero-order chi connectivity index (χ0) is 14.3. The molecule has 1 saturated heterocycles. The van der Waals surface area contributed by atoms with Crippen LogP contribution in [0.25, 0.3) is 11.2 Å². The number of rotatable bonds is 3. The van der Waals surface area contributed by atoms with Crippen molar-refractivity contribution in [2.75, 3.05) is 12.3 Å². The first-order chi connectivity index (χ1) is 9.61.